The number of H-pyrrole nitrogens is 1. The molecule has 11 N–H and O–H groups in total. The topological polar surface area (TPSA) is 253 Å². The van der Waals surface area contributed by atoms with Crippen LogP contribution in [0.5, 0.6) is 0 Å². The molecule has 1 aromatic heterocycles. The van der Waals surface area contributed by atoms with Crippen LogP contribution in [-0.2, 0) is 35.2 Å². The first-order valence-corrected chi connectivity index (χ1v) is 14.3. The highest BCUT2D eigenvalue weighted by Gasteiger charge is 2.31. The van der Waals surface area contributed by atoms with Gasteiger partial charge >= 0.3 is 5.97 Å². The van der Waals surface area contributed by atoms with Gasteiger partial charge in [0.2, 0.25) is 29.5 Å². The number of carboxylic acid groups (broad SMARTS) is 1. The minimum atomic E-state index is -1.29. The van der Waals surface area contributed by atoms with Crippen molar-refractivity contribution < 1.29 is 33.9 Å². The number of rotatable bonds is 18. The third-order valence-electron chi connectivity index (χ3n) is 6.31. The van der Waals surface area contributed by atoms with Crippen LogP contribution in [0.1, 0.15) is 37.7 Å². The summed E-state index contributed by atoms with van der Waals surface area (Å²) in [5, 5.41) is 18.1. The molecule has 1 aromatic carbocycles. The number of aromatic amines is 1. The SMILES string of the molecule is CSCCC(NC(=O)C(CCC(N)=O)NC(=O)C(N)CCC(N)=O)C(=O)NC(Cc1c[nH]c2ccccc12)C(=O)O. The summed E-state index contributed by atoms with van der Waals surface area (Å²) in [6.45, 7) is 0. The van der Waals surface area contributed by atoms with E-state index in [-0.39, 0.29) is 38.5 Å². The Hall–Kier alpha value is -4.11. The summed E-state index contributed by atoms with van der Waals surface area (Å²) in [7, 11) is 0. The molecule has 0 saturated carbocycles. The van der Waals surface area contributed by atoms with E-state index >= 15 is 0 Å². The van der Waals surface area contributed by atoms with Gasteiger partial charge < -0.3 is 43.2 Å². The molecule has 0 aliphatic heterocycles. The Bertz CT molecular complexity index is 1250. The summed E-state index contributed by atoms with van der Waals surface area (Å²) < 4.78 is 0. The summed E-state index contributed by atoms with van der Waals surface area (Å²) in [6.07, 6.45) is 3.01. The molecule has 5 amide bonds. The highest BCUT2D eigenvalue weighted by molar-refractivity contribution is 7.98. The molecule has 2 rings (SSSR count). The molecule has 224 valence electrons. The van der Waals surface area contributed by atoms with Gasteiger partial charge in [0.1, 0.15) is 18.1 Å². The van der Waals surface area contributed by atoms with E-state index in [1.807, 2.05) is 24.3 Å². The predicted octanol–water partition coefficient (Wildman–Crippen LogP) is -1.14. The molecule has 15 heteroatoms. The Morgan fingerprint density at radius 1 is 0.854 bits per heavy atom. The first-order chi connectivity index (χ1) is 19.4. The molecular formula is C26H37N7O7S. The van der Waals surface area contributed by atoms with Gasteiger partial charge in [-0.25, -0.2) is 4.79 Å². The third kappa shape index (κ3) is 10.8. The summed E-state index contributed by atoms with van der Waals surface area (Å²) in [4.78, 5) is 76.4. The van der Waals surface area contributed by atoms with Crippen LogP contribution in [0.15, 0.2) is 30.5 Å². The first-order valence-electron chi connectivity index (χ1n) is 12.9. The van der Waals surface area contributed by atoms with Gasteiger partial charge in [-0.15, -0.1) is 0 Å². The number of hydrogen-bond donors (Lipinski definition) is 8. The number of nitrogens with one attached hydrogen (secondary N) is 4. The van der Waals surface area contributed by atoms with Gasteiger partial charge in [-0.2, -0.15) is 11.8 Å². The van der Waals surface area contributed by atoms with Crippen LogP contribution in [0, 0.1) is 0 Å². The van der Waals surface area contributed by atoms with E-state index in [1.54, 1.807) is 12.5 Å². The quantitative estimate of drug-likeness (QED) is 0.104. The Morgan fingerprint density at radius 2 is 1.41 bits per heavy atom. The minimum absolute atomic E-state index is 0.00519. The number of aromatic nitrogens is 1. The van der Waals surface area contributed by atoms with Gasteiger partial charge in [-0.3, -0.25) is 24.0 Å². The molecule has 0 aliphatic rings. The number of carbonyl (C=O) groups is 6. The van der Waals surface area contributed by atoms with Crippen molar-refractivity contribution in [3.63, 3.8) is 0 Å². The van der Waals surface area contributed by atoms with Crippen molar-refractivity contribution in [1.82, 2.24) is 20.9 Å². The van der Waals surface area contributed by atoms with Crippen LogP contribution >= 0.6 is 11.8 Å². The smallest absolute Gasteiger partial charge is 0.326 e. The summed E-state index contributed by atoms with van der Waals surface area (Å²) in [5.41, 5.74) is 17.6. The third-order valence-corrected chi connectivity index (χ3v) is 6.95. The lowest BCUT2D eigenvalue weighted by atomic mass is 10.0. The maximum absolute atomic E-state index is 13.2. The van der Waals surface area contributed by atoms with Crippen molar-refractivity contribution >= 4 is 58.2 Å². The number of hydrogen-bond acceptors (Lipinski definition) is 8. The normalized spacial score (nSPS) is 13.9. The molecule has 4 atom stereocenters. The monoisotopic (exact) mass is 591 g/mol. The van der Waals surface area contributed by atoms with Gasteiger partial charge in [0, 0.05) is 36.4 Å². The Kier molecular flexibility index (Phi) is 13.1. The molecular weight excluding hydrogens is 554 g/mol. The standard InChI is InChI=1S/C26H37N7O7S/c1-41-11-10-19(25(38)33-20(26(39)40)12-14-13-30-17-5-3-2-4-15(14)17)32-24(37)18(7-9-22(29)35)31-23(36)16(27)6-8-21(28)34/h2-5,13,16,18-20,30H,6-12,27H2,1H3,(H2,28,34)(H2,29,35)(H,31,36)(H,32,37)(H,33,38)(H,39,40). The fourth-order valence-electron chi connectivity index (χ4n) is 4.03. The van der Waals surface area contributed by atoms with E-state index in [2.05, 4.69) is 20.9 Å². The van der Waals surface area contributed by atoms with Crippen molar-refractivity contribution in [2.45, 2.75) is 62.7 Å². The van der Waals surface area contributed by atoms with E-state index in [9.17, 15) is 33.9 Å². The van der Waals surface area contributed by atoms with E-state index in [0.717, 1.165) is 10.9 Å². The Morgan fingerprint density at radius 3 is 2.02 bits per heavy atom. The molecule has 0 fully saturated rings. The second-order valence-electron chi connectivity index (χ2n) is 9.48. The number of amides is 5. The van der Waals surface area contributed by atoms with Gasteiger partial charge in [0.05, 0.1) is 6.04 Å². The number of benzene rings is 1. The van der Waals surface area contributed by atoms with Crippen LogP contribution in [0.4, 0.5) is 0 Å². The maximum atomic E-state index is 13.2. The molecule has 41 heavy (non-hydrogen) atoms. The summed E-state index contributed by atoms with van der Waals surface area (Å²) >= 11 is 1.41. The van der Waals surface area contributed by atoms with E-state index in [0.29, 0.717) is 11.3 Å². The maximum Gasteiger partial charge on any atom is 0.326 e. The number of carboxylic acids is 1. The number of primary amides is 2. The van der Waals surface area contributed by atoms with E-state index < -0.39 is 59.7 Å². The predicted molar refractivity (Wildman–Crippen MR) is 153 cm³/mol. The Labute approximate surface area is 240 Å². The average Bonchev–Trinajstić information content (AvgIpc) is 3.33. The number of fused-ring (bicyclic) bond motifs is 1. The first kappa shape index (κ1) is 33.1. The molecule has 0 saturated heterocycles. The lowest BCUT2D eigenvalue weighted by Gasteiger charge is -2.25. The number of carbonyl (C=O) groups excluding carboxylic acids is 5. The molecule has 0 radical (unpaired) electrons. The van der Waals surface area contributed by atoms with Crippen LogP contribution < -0.4 is 33.2 Å². The largest absolute Gasteiger partial charge is 0.480 e. The minimum Gasteiger partial charge on any atom is -0.480 e. The molecule has 1 heterocycles. The average molecular weight is 592 g/mol. The zero-order valence-electron chi connectivity index (χ0n) is 22.7. The van der Waals surface area contributed by atoms with Crippen molar-refractivity contribution in [2.75, 3.05) is 12.0 Å². The van der Waals surface area contributed by atoms with Gasteiger partial charge in [-0.05, 0) is 42.9 Å². The zero-order valence-corrected chi connectivity index (χ0v) is 23.5. The van der Waals surface area contributed by atoms with Gasteiger partial charge in [0.15, 0.2) is 0 Å². The lowest BCUT2D eigenvalue weighted by Crippen LogP contribution is -2.57. The van der Waals surface area contributed by atoms with Crippen molar-refractivity contribution in [3.8, 4) is 0 Å². The van der Waals surface area contributed by atoms with Gasteiger partial charge in [-0.1, -0.05) is 18.2 Å². The number of aliphatic carboxylic acids is 1. The molecule has 14 nitrogen and oxygen atoms in total. The van der Waals surface area contributed by atoms with E-state index in [4.69, 9.17) is 17.2 Å². The van der Waals surface area contributed by atoms with Crippen LogP contribution in [0.2, 0.25) is 0 Å². The highest BCUT2D eigenvalue weighted by atomic mass is 32.2. The fourth-order valence-corrected chi connectivity index (χ4v) is 4.50. The molecule has 0 spiro atoms. The van der Waals surface area contributed by atoms with Crippen molar-refractivity contribution in [1.29, 1.82) is 0 Å². The lowest BCUT2D eigenvalue weighted by molar-refractivity contribution is -0.142. The van der Waals surface area contributed by atoms with Gasteiger partial charge in [0.25, 0.3) is 0 Å². The number of thioether (sulfide) groups is 1. The van der Waals surface area contributed by atoms with Crippen LogP contribution in [0.3, 0.4) is 0 Å². The molecule has 4 unspecified atom stereocenters. The van der Waals surface area contributed by atoms with Crippen molar-refractivity contribution in [2.24, 2.45) is 17.2 Å². The number of nitrogens with two attached hydrogens (primary N) is 3. The molecule has 2 aromatic rings. The fraction of sp³-hybridized carbons (Fsp3) is 0.462. The van der Waals surface area contributed by atoms with Crippen LogP contribution in [0.25, 0.3) is 10.9 Å². The van der Waals surface area contributed by atoms with Crippen LogP contribution in [-0.4, -0.2) is 81.8 Å². The number of para-hydroxylation sites is 1. The Balaban J connectivity index is 2.16. The van der Waals surface area contributed by atoms with E-state index in [1.165, 1.54) is 11.8 Å². The highest BCUT2D eigenvalue weighted by Crippen LogP contribution is 2.19. The zero-order chi connectivity index (χ0) is 30.5. The van der Waals surface area contributed by atoms with Crippen molar-refractivity contribution in [3.05, 3.63) is 36.0 Å². The molecule has 0 bridgehead atoms. The summed E-state index contributed by atoms with van der Waals surface area (Å²) in [6, 6.07) is 2.48. The summed E-state index contributed by atoms with van der Waals surface area (Å²) in [5.74, 6) is -4.43. The molecule has 0 aliphatic carbocycles. The second kappa shape index (κ2) is 16.2. The second-order valence-corrected chi connectivity index (χ2v) is 10.5.